The van der Waals surface area contributed by atoms with Crippen molar-refractivity contribution in [2.75, 3.05) is 7.11 Å². The summed E-state index contributed by atoms with van der Waals surface area (Å²) in [5, 5.41) is 9.37. The Morgan fingerprint density at radius 1 is 1.47 bits per heavy atom. The van der Waals surface area contributed by atoms with Gasteiger partial charge in [-0.15, -0.1) is 0 Å². The highest BCUT2D eigenvalue weighted by atomic mass is 16.5. The first-order chi connectivity index (χ1) is 7.04. The quantitative estimate of drug-likeness (QED) is 0.824. The summed E-state index contributed by atoms with van der Waals surface area (Å²) in [6.07, 6.45) is 0.383. The van der Waals surface area contributed by atoms with E-state index in [0.717, 1.165) is 5.56 Å². The SMILES string of the molecule is COc1cc(CC(=O)C(C)C)ccc1O. The van der Waals surface area contributed by atoms with Gasteiger partial charge in [-0.1, -0.05) is 19.9 Å². The van der Waals surface area contributed by atoms with Crippen LogP contribution in [-0.4, -0.2) is 18.0 Å². The molecule has 1 aromatic carbocycles. The smallest absolute Gasteiger partial charge is 0.160 e. The van der Waals surface area contributed by atoms with E-state index in [1.807, 2.05) is 13.8 Å². The van der Waals surface area contributed by atoms with Crippen molar-refractivity contribution < 1.29 is 14.6 Å². The lowest BCUT2D eigenvalue weighted by atomic mass is 10.0. The molecule has 0 heterocycles. The van der Waals surface area contributed by atoms with Crippen molar-refractivity contribution in [1.29, 1.82) is 0 Å². The molecule has 0 saturated heterocycles. The highest BCUT2D eigenvalue weighted by Crippen LogP contribution is 2.26. The van der Waals surface area contributed by atoms with Gasteiger partial charge in [-0.3, -0.25) is 4.79 Å². The van der Waals surface area contributed by atoms with Gasteiger partial charge >= 0.3 is 0 Å². The summed E-state index contributed by atoms with van der Waals surface area (Å²) in [5.74, 6) is 0.717. The van der Waals surface area contributed by atoms with Crippen LogP contribution in [0.2, 0.25) is 0 Å². The number of Topliss-reactive ketones (excluding diaryl/α,β-unsaturated/α-hetero) is 1. The summed E-state index contributed by atoms with van der Waals surface area (Å²) in [4.78, 5) is 11.5. The monoisotopic (exact) mass is 208 g/mol. The molecule has 0 unspecified atom stereocenters. The molecule has 0 aromatic heterocycles. The molecule has 3 heteroatoms. The van der Waals surface area contributed by atoms with Gasteiger partial charge in [0.2, 0.25) is 0 Å². The number of ketones is 1. The molecule has 0 aliphatic heterocycles. The fraction of sp³-hybridized carbons (Fsp3) is 0.417. The van der Waals surface area contributed by atoms with E-state index in [4.69, 9.17) is 4.74 Å². The lowest BCUT2D eigenvalue weighted by Gasteiger charge is -2.07. The number of methoxy groups -OCH3 is 1. The Morgan fingerprint density at radius 2 is 2.13 bits per heavy atom. The van der Waals surface area contributed by atoms with Crippen LogP contribution in [0.5, 0.6) is 11.5 Å². The van der Waals surface area contributed by atoms with Crippen LogP contribution in [-0.2, 0) is 11.2 Å². The van der Waals surface area contributed by atoms with E-state index in [0.29, 0.717) is 12.2 Å². The van der Waals surface area contributed by atoms with E-state index in [1.165, 1.54) is 7.11 Å². The molecule has 0 aliphatic carbocycles. The van der Waals surface area contributed by atoms with Crippen LogP contribution in [0.1, 0.15) is 19.4 Å². The van der Waals surface area contributed by atoms with Crippen molar-refractivity contribution in [1.82, 2.24) is 0 Å². The molecule has 0 atom stereocenters. The third-order valence-corrected chi connectivity index (χ3v) is 2.27. The second kappa shape index (κ2) is 4.82. The highest BCUT2D eigenvalue weighted by molar-refractivity contribution is 5.82. The van der Waals surface area contributed by atoms with Gasteiger partial charge in [0.15, 0.2) is 11.5 Å². The van der Waals surface area contributed by atoms with E-state index in [9.17, 15) is 9.90 Å². The zero-order chi connectivity index (χ0) is 11.4. The molecule has 82 valence electrons. The molecular formula is C12H16O3. The standard InChI is InChI=1S/C12H16O3/c1-8(2)11(14)6-9-4-5-10(13)12(7-9)15-3/h4-5,7-8,13H,6H2,1-3H3. The fourth-order valence-corrected chi connectivity index (χ4v) is 1.24. The maximum absolute atomic E-state index is 11.5. The van der Waals surface area contributed by atoms with Gasteiger partial charge in [0.1, 0.15) is 5.78 Å². The molecule has 0 saturated carbocycles. The molecule has 0 spiro atoms. The number of hydrogen-bond donors (Lipinski definition) is 1. The minimum atomic E-state index is 0.0322. The van der Waals surface area contributed by atoms with E-state index in [-0.39, 0.29) is 17.5 Å². The molecular weight excluding hydrogens is 192 g/mol. The Morgan fingerprint density at radius 3 is 2.67 bits per heavy atom. The third kappa shape index (κ3) is 2.98. The second-order valence-electron chi connectivity index (χ2n) is 3.80. The molecule has 0 bridgehead atoms. The third-order valence-electron chi connectivity index (χ3n) is 2.27. The Labute approximate surface area is 89.7 Å². The molecule has 0 amide bonds. The summed E-state index contributed by atoms with van der Waals surface area (Å²) < 4.78 is 4.97. The molecule has 0 aliphatic rings. The van der Waals surface area contributed by atoms with Crippen LogP contribution >= 0.6 is 0 Å². The number of carbonyl (C=O) groups excluding carboxylic acids is 1. The Hall–Kier alpha value is -1.51. The number of benzene rings is 1. The number of hydrogen-bond acceptors (Lipinski definition) is 3. The van der Waals surface area contributed by atoms with Crippen molar-refractivity contribution in [2.24, 2.45) is 5.92 Å². The summed E-state index contributed by atoms with van der Waals surface area (Å²) in [6, 6.07) is 4.97. The van der Waals surface area contributed by atoms with Gasteiger partial charge in [-0.05, 0) is 17.7 Å². The van der Waals surface area contributed by atoms with Gasteiger partial charge < -0.3 is 9.84 Å². The van der Waals surface area contributed by atoms with Crippen LogP contribution in [0.15, 0.2) is 18.2 Å². The van der Waals surface area contributed by atoms with Crippen LogP contribution in [0, 0.1) is 5.92 Å². The van der Waals surface area contributed by atoms with E-state index >= 15 is 0 Å². The second-order valence-corrected chi connectivity index (χ2v) is 3.80. The van der Waals surface area contributed by atoms with Crippen molar-refractivity contribution in [3.05, 3.63) is 23.8 Å². The summed E-state index contributed by atoms with van der Waals surface area (Å²) >= 11 is 0. The summed E-state index contributed by atoms with van der Waals surface area (Å²) in [6.45, 7) is 3.75. The number of carbonyl (C=O) groups is 1. The summed E-state index contributed by atoms with van der Waals surface area (Å²) in [7, 11) is 1.49. The molecule has 15 heavy (non-hydrogen) atoms. The number of aromatic hydroxyl groups is 1. The average molecular weight is 208 g/mol. The topological polar surface area (TPSA) is 46.5 Å². The average Bonchev–Trinajstić information content (AvgIpc) is 2.20. The first-order valence-corrected chi connectivity index (χ1v) is 4.93. The van der Waals surface area contributed by atoms with Crippen LogP contribution < -0.4 is 4.74 Å². The first-order valence-electron chi connectivity index (χ1n) is 4.93. The molecule has 0 radical (unpaired) electrons. The van der Waals surface area contributed by atoms with Crippen LogP contribution in [0.3, 0.4) is 0 Å². The van der Waals surface area contributed by atoms with Crippen molar-refractivity contribution >= 4 is 5.78 Å². The minimum Gasteiger partial charge on any atom is -0.504 e. The predicted molar refractivity (Wildman–Crippen MR) is 58.2 cm³/mol. The van der Waals surface area contributed by atoms with Gasteiger partial charge in [-0.25, -0.2) is 0 Å². The normalized spacial score (nSPS) is 10.4. The van der Waals surface area contributed by atoms with Gasteiger partial charge in [0.05, 0.1) is 7.11 Å². The zero-order valence-electron chi connectivity index (χ0n) is 9.28. The highest BCUT2D eigenvalue weighted by Gasteiger charge is 2.10. The van der Waals surface area contributed by atoms with Crippen LogP contribution in [0.4, 0.5) is 0 Å². The number of phenols is 1. The zero-order valence-corrected chi connectivity index (χ0v) is 9.28. The maximum atomic E-state index is 11.5. The molecule has 1 aromatic rings. The number of ether oxygens (including phenoxy) is 1. The van der Waals surface area contributed by atoms with Crippen molar-refractivity contribution in [3.8, 4) is 11.5 Å². The van der Waals surface area contributed by atoms with E-state index in [2.05, 4.69) is 0 Å². The molecule has 0 fully saturated rings. The van der Waals surface area contributed by atoms with Gasteiger partial charge in [-0.2, -0.15) is 0 Å². The predicted octanol–water partition coefficient (Wildman–Crippen LogP) is 2.17. The lowest BCUT2D eigenvalue weighted by Crippen LogP contribution is -2.10. The fourth-order valence-electron chi connectivity index (χ4n) is 1.24. The molecule has 3 nitrogen and oxygen atoms in total. The van der Waals surface area contributed by atoms with E-state index < -0.39 is 0 Å². The first kappa shape index (κ1) is 11.6. The van der Waals surface area contributed by atoms with Crippen molar-refractivity contribution in [2.45, 2.75) is 20.3 Å². The molecule has 1 rings (SSSR count). The maximum Gasteiger partial charge on any atom is 0.160 e. The Bertz CT molecular complexity index is 356. The van der Waals surface area contributed by atoms with Gasteiger partial charge in [0.25, 0.3) is 0 Å². The van der Waals surface area contributed by atoms with Crippen molar-refractivity contribution in [3.63, 3.8) is 0 Å². The Kier molecular flexibility index (Phi) is 3.72. The largest absolute Gasteiger partial charge is 0.504 e. The summed E-state index contributed by atoms with van der Waals surface area (Å²) in [5.41, 5.74) is 0.864. The number of rotatable bonds is 4. The molecule has 1 N–H and O–H groups in total. The Balaban J connectivity index is 2.83. The minimum absolute atomic E-state index is 0.0322. The van der Waals surface area contributed by atoms with Crippen LogP contribution in [0.25, 0.3) is 0 Å². The van der Waals surface area contributed by atoms with Gasteiger partial charge in [0, 0.05) is 12.3 Å². The number of phenolic OH excluding ortho intramolecular Hbond substituents is 1. The van der Waals surface area contributed by atoms with E-state index in [1.54, 1.807) is 18.2 Å². The lowest BCUT2D eigenvalue weighted by molar-refractivity contribution is -0.121.